The van der Waals surface area contributed by atoms with Gasteiger partial charge in [0.1, 0.15) is 5.75 Å². The van der Waals surface area contributed by atoms with E-state index >= 15 is 0 Å². The Morgan fingerprint density at radius 2 is 1.82 bits per heavy atom. The number of Topliss-reactive ketones (excluding diaryl/α,β-unsaturated/α-hetero) is 1. The highest BCUT2D eigenvalue weighted by Crippen LogP contribution is 2.23. The molecule has 0 fully saturated rings. The molecule has 0 N–H and O–H groups in total. The van der Waals surface area contributed by atoms with Crippen LogP contribution in [0.1, 0.15) is 56.3 Å². The minimum absolute atomic E-state index is 0.251. The molecule has 0 amide bonds. The van der Waals surface area contributed by atoms with Crippen LogP contribution in [-0.4, -0.2) is 12.9 Å². The monoisotopic (exact) mass is 298 g/mol. The second-order valence-electron chi connectivity index (χ2n) is 6.14. The van der Waals surface area contributed by atoms with Gasteiger partial charge in [0.25, 0.3) is 0 Å². The van der Waals surface area contributed by atoms with Gasteiger partial charge >= 0.3 is 0 Å². The molecule has 1 atom stereocenters. The van der Waals surface area contributed by atoms with Gasteiger partial charge in [-0.05, 0) is 41.3 Å². The molecule has 0 aliphatic heterocycles. The standard InChI is InChI=1S/C20H26O2/c1-4-6-15(2)7-5-8-20(21)18-10-9-17-14-19(22-3)12-11-16(17)13-18/h9-15H,4-8H2,1-3H3/t15-/m1/s1. The zero-order chi connectivity index (χ0) is 15.9. The van der Waals surface area contributed by atoms with E-state index in [-0.39, 0.29) is 5.78 Å². The zero-order valence-corrected chi connectivity index (χ0v) is 13.9. The third-order valence-electron chi connectivity index (χ3n) is 4.25. The lowest BCUT2D eigenvalue weighted by molar-refractivity contribution is 0.0978. The van der Waals surface area contributed by atoms with E-state index in [1.165, 1.54) is 12.8 Å². The van der Waals surface area contributed by atoms with Crippen LogP contribution in [0.2, 0.25) is 0 Å². The van der Waals surface area contributed by atoms with Crippen LogP contribution in [0.4, 0.5) is 0 Å². The topological polar surface area (TPSA) is 26.3 Å². The lowest BCUT2D eigenvalue weighted by Crippen LogP contribution is -2.01. The molecule has 2 rings (SSSR count). The number of methoxy groups -OCH3 is 1. The summed E-state index contributed by atoms with van der Waals surface area (Å²) in [5, 5.41) is 2.19. The van der Waals surface area contributed by atoms with Gasteiger partial charge in [0.2, 0.25) is 0 Å². The fourth-order valence-corrected chi connectivity index (χ4v) is 2.92. The van der Waals surface area contributed by atoms with E-state index in [4.69, 9.17) is 4.74 Å². The summed E-state index contributed by atoms with van der Waals surface area (Å²) in [6.07, 6.45) is 5.26. The Kier molecular flexibility index (Phi) is 6.00. The first kappa shape index (κ1) is 16.5. The van der Waals surface area contributed by atoms with Crippen LogP contribution in [-0.2, 0) is 0 Å². The third-order valence-corrected chi connectivity index (χ3v) is 4.25. The van der Waals surface area contributed by atoms with Crippen molar-refractivity contribution in [3.63, 3.8) is 0 Å². The highest BCUT2D eigenvalue weighted by Gasteiger charge is 2.08. The normalized spacial score (nSPS) is 12.3. The van der Waals surface area contributed by atoms with Crippen LogP contribution < -0.4 is 4.74 Å². The van der Waals surface area contributed by atoms with Gasteiger partial charge in [0.05, 0.1) is 7.11 Å². The summed E-state index contributed by atoms with van der Waals surface area (Å²) >= 11 is 0. The highest BCUT2D eigenvalue weighted by atomic mass is 16.5. The Labute approximate surface area is 133 Å². The van der Waals surface area contributed by atoms with Crippen molar-refractivity contribution in [2.45, 2.75) is 46.0 Å². The molecule has 2 nitrogen and oxygen atoms in total. The molecule has 0 saturated heterocycles. The minimum atomic E-state index is 0.251. The van der Waals surface area contributed by atoms with Gasteiger partial charge in [-0.25, -0.2) is 0 Å². The number of hydrogen-bond donors (Lipinski definition) is 0. The summed E-state index contributed by atoms with van der Waals surface area (Å²) in [4.78, 5) is 12.3. The smallest absolute Gasteiger partial charge is 0.162 e. The maximum absolute atomic E-state index is 12.3. The Balaban J connectivity index is 1.99. The molecule has 2 aromatic carbocycles. The number of rotatable bonds is 8. The van der Waals surface area contributed by atoms with Crippen molar-refractivity contribution >= 4 is 16.6 Å². The van der Waals surface area contributed by atoms with Gasteiger partial charge in [0.15, 0.2) is 5.78 Å². The third kappa shape index (κ3) is 4.33. The molecule has 0 saturated carbocycles. The predicted molar refractivity (Wildman–Crippen MR) is 92.8 cm³/mol. The average molecular weight is 298 g/mol. The molecule has 0 aromatic heterocycles. The number of fused-ring (bicyclic) bond motifs is 1. The molecule has 22 heavy (non-hydrogen) atoms. The van der Waals surface area contributed by atoms with Crippen LogP contribution in [0.5, 0.6) is 5.75 Å². The van der Waals surface area contributed by atoms with Crippen molar-refractivity contribution in [2.24, 2.45) is 5.92 Å². The summed E-state index contributed by atoms with van der Waals surface area (Å²) in [5.41, 5.74) is 0.820. The summed E-state index contributed by atoms with van der Waals surface area (Å²) < 4.78 is 5.23. The first-order valence-corrected chi connectivity index (χ1v) is 8.25. The number of ketones is 1. The van der Waals surface area contributed by atoms with E-state index in [1.807, 2.05) is 36.4 Å². The molecule has 0 aliphatic rings. The van der Waals surface area contributed by atoms with E-state index in [1.54, 1.807) is 7.11 Å². The fraction of sp³-hybridized carbons (Fsp3) is 0.450. The molecule has 2 heteroatoms. The first-order chi connectivity index (χ1) is 10.6. The van der Waals surface area contributed by atoms with E-state index < -0.39 is 0 Å². The van der Waals surface area contributed by atoms with Crippen molar-refractivity contribution in [3.8, 4) is 5.75 Å². The van der Waals surface area contributed by atoms with Crippen LogP contribution in [0.3, 0.4) is 0 Å². The van der Waals surface area contributed by atoms with Gasteiger partial charge in [-0.1, -0.05) is 51.3 Å². The summed E-state index contributed by atoms with van der Waals surface area (Å²) in [5.74, 6) is 1.82. The van der Waals surface area contributed by atoms with Crippen molar-refractivity contribution < 1.29 is 9.53 Å². The molecule has 0 spiro atoms. The first-order valence-electron chi connectivity index (χ1n) is 8.25. The number of carbonyl (C=O) groups excluding carboxylic acids is 1. The van der Waals surface area contributed by atoms with E-state index in [9.17, 15) is 4.79 Å². The maximum atomic E-state index is 12.3. The van der Waals surface area contributed by atoms with Gasteiger partial charge in [-0.2, -0.15) is 0 Å². The van der Waals surface area contributed by atoms with Crippen molar-refractivity contribution in [2.75, 3.05) is 7.11 Å². The van der Waals surface area contributed by atoms with Crippen molar-refractivity contribution in [1.29, 1.82) is 0 Å². The maximum Gasteiger partial charge on any atom is 0.162 e. The lowest BCUT2D eigenvalue weighted by Gasteiger charge is -2.09. The number of hydrogen-bond acceptors (Lipinski definition) is 2. The largest absolute Gasteiger partial charge is 0.497 e. The zero-order valence-electron chi connectivity index (χ0n) is 13.9. The molecule has 0 aliphatic carbocycles. The van der Waals surface area contributed by atoms with Crippen LogP contribution >= 0.6 is 0 Å². The van der Waals surface area contributed by atoms with E-state index in [2.05, 4.69) is 13.8 Å². The Morgan fingerprint density at radius 1 is 1.09 bits per heavy atom. The van der Waals surface area contributed by atoms with E-state index in [0.29, 0.717) is 6.42 Å². The van der Waals surface area contributed by atoms with Crippen LogP contribution in [0.25, 0.3) is 10.8 Å². The molecule has 0 bridgehead atoms. The molecule has 0 radical (unpaired) electrons. The Hall–Kier alpha value is -1.83. The minimum Gasteiger partial charge on any atom is -0.497 e. The van der Waals surface area contributed by atoms with Crippen molar-refractivity contribution in [3.05, 3.63) is 42.0 Å². The summed E-state index contributed by atoms with van der Waals surface area (Å²) in [6, 6.07) is 11.9. The number of benzene rings is 2. The fourth-order valence-electron chi connectivity index (χ4n) is 2.92. The second-order valence-corrected chi connectivity index (χ2v) is 6.14. The van der Waals surface area contributed by atoms with Crippen LogP contribution in [0, 0.1) is 5.92 Å². The molecule has 0 unspecified atom stereocenters. The average Bonchev–Trinajstić information content (AvgIpc) is 2.54. The molecule has 118 valence electrons. The predicted octanol–water partition coefficient (Wildman–Crippen LogP) is 5.64. The number of carbonyl (C=O) groups is 1. The number of ether oxygens (including phenoxy) is 1. The van der Waals surface area contributed by atoms with Gasteiger partial charge in [-0.15, -0.1) is 0 Å². The second kappa shape index (κ2) is 7.98. The van der Waals surface area contributed by atoms with Gasteiger partial charge < -0.3 is 4.74 Å². The molecule has 2 aromatic rings. The molecular formula is C20H26O2. The SMILES string of the molecule is CCC[C@@H](C)CCCC(=O)c1ccc2cc(OC)ccc2c1. The highest BCUT2D eigenvalue weighted by molar-refractivity contribution is 6.00. The molecule has 0 heterocycles. The van der Waals surface area contributed by atoms with Crippen molar-refractivity contribution in [1.82, 2.24) is 0 Å². The lowest BCUT2D eigenvalue weighted by atomic mass is 9.96. The quantitative estimate of drug-likeness (QED) is 0.590. The Morgan fingerprint density at radius 3 is 2.55 bits per heavy atom. The summed E-state index contributed by atoms with van der Waals surface area (Å²) in [6.45, 7) is 4.49. The van der Waals surface area contributed by atoms with Gasteiger partial charge in [-0.3, -0.25) is 4.79 Å². The van der Waals surface area contributed by atoms with Crippen LogP contribution in [0.15, 0.2) is 36.4 Å². The van der Waals surface area contributed by atoms with E-state index in [0.717, 1.165) is 40.8 Å². The Bertz CT molecular complexity index is 631. The van der Waals surface area contributed by atoms with Gasteiger partial charge in [0, 0.05) is 12.0 Å². The molecular weight excluding hydrogens is 272 g/mol. The summed E-state index contributed by atoms with van der Waals surface area (Å²) in [7, 11) is 1.67.